The maximum atomic E-state index is 11.2. The van der Waals surface area contributed by atoms with Crippen LogP contribution in [0.3, 0.4) is 0 Å². The normalized spacial score (nSPS) is 10.6. The van der Waals surface area contributed by atoms with Crippen LogP contribution in [0.15, 0.2) is 0 Å². The first-order valence-electron chi connectivity index (χ1n) is 6.06. The van der Waals surface area contributed by atoms with Gasteiger partial charge in [0.1, 0.15) is 6.61 Å². The lowest BCUT2D eigenvalue weighted by Gasteiger charge is -2.04. The van der Waals surface area contributed by atoms with Crippen LogP contribution in [0, 0.1) is 0 Å². The van der Waals surface area contributed by atoms with Crippen molar-refractivity contribution in [1.29, 1.82) is 0 Å². The molecular formula is C12H24O4. The largest absolute Gasteiger partial charge is 0.379 e. The smallest absolute Gasteiger partial charge is 0.158 e. The SMILES string of the molecule is CCCOCC(=O)CCCOCCOCC. The molecule has 0 aromatic rings. The molecule has 0 amide bonds. The lowest BCUT2D eigenvalue weighted by molar-refractivity contribution is -0.123. The van der Waals surface area contributed by atoms with Crippen molar-refractivity contribution in [3.63, 3.8) is 0 Å². The van der Waals surface area contributed by atoms with Gasteiger partial charge in [0, 0.05) is 26.2 Å². The molecule has 0 saturated carbocycles. The van der Waals surface area contributed by atoms with Gasteiger partial charge in [-0.3, -0.25) is 4.79 Å². The quantitative estimate of drug-likeness (QED) is 0.481. The van der Waals surface area contributed by atoms with Crippen molar-refractivity contribution in [3.05, 3.63) is 0 Å². The van der Waals surface area contributed by atoms with Gasteiger partial charge in [-0.05, 0) is 19.8 Å². The van der Waals surface area contributed by atoms with E-state index in [1.807, 2.05) is 13.8 Å². The summed E-state index contributed by atoms with van der Waals surface area (Å²) < 4.78 is 15.6. The van der Waals surface area contributed by atoms with Gasteiger partial charge in [0.25, 0.3) is 0 Å². The van der Waals surface area contributed by atoms with E-state index in [0.29, 0.717) is 32.8 Å². The van der Waals surface area contributed by atoms with Crippen molar-refractivity contribution < 1.29 is 19.0 Å². The van der Waals surface area contributed by atoms with Gasteiger partial charge in [0.15, 0.2) is 5.78 Å². The summed E-state index contributed by atoms with van der Waals surface area (Å²) in [5, 5.41) is 0. The molecule has 0 fully saturated rings. The molecule has 0 unspecified atom stereocenters. The Kier molecular flexibility index (Phi) is 12.3. The zero-order valence-corrected chi connectivity index (χ0v) is 10.5. The second kappa shape index (κ2) is 12.6. The number of hydrogen-bond donors (Lipinski definition) is 0. The Morgan fingerprint density at radius 1 is 0.938 bits per heavy atom. The number of carbonyl (C=O) groups is 1. The van der Waals surface area contributed by atoms with Crippen LogP contribution in [0.1, 0.15) is 33.1 Å². The molecular weight excluding hydrogens is 208 g/mol. The van der Waals surface area contributed by atoms with Crippen LogP contribution < -0.4 is 0 Å². The van der Waals surface area contributed by atoms with Crippen molar-refractivity contribution in [2.75, 3.05) is 39.6 Å². The molecule has 0 aliphatic rings. The Balaban J connectivity index is 3.09. The van der Waals surface area contributed by atoms with Crippen LogP contribution in [0.4, 0.5) is 0 Å². The van der Waals surface area contributed by atoms with Crippen LogP contribution >= 0.6 is 0 Å². The third-order valence-electron chi connectivity index (χ3n) is 1.93. The minimum Gasteiger partial charge on any atom is -0.379 e. The van der Waals surface area contributed by atoms with E-state index in [0.717, 1.165) is 19.4 Å². The number of ketones is 1. The number of carbonyl (C=O) groups excluding carboxylic acids is 1. The molecule has 0 N–H and O–H groups in total. The average Bonchev–Trinajstić information content (AvgIpc) is 2.28. The van der Waals surface area contributed by atoms with Crippen LogP contribution in [0.5, 0.6) is 0 Å². The third kappa shape index (κ3) is 11.6. The Morgan fingerprint density at radius 3 is 2.38 bits per heavy atom. The molecule has 0 aromatic carbocycles. The number of ether oxygens (including phenoxy) is 3. The highest BCUT2D eigenvalue weighted by atomic mass is 16.5. The van der Waals surface area contributed by atoms with E-state index in [-0.39, 0.29) is 12.4 Å². The summed E-state index contributed by atoms with van der Waals surface area (Å²) in [4.78, 5) is 11.2. The molecule has 0 saturated heterocycles. The van der Waals surface area contributed by atoms with Crippen LogP contribution in [-0.4, -0.2) is 45.4 Å². The molecule has 0 atom stereocenters. The van der Waals surface area contributed by atoms with Crippen LogP contribution in [0.25, 0.3) is 0 Å². The van der Waals surface area contributed by atoms with E-state index in [1.165, 1.54) is 0 Å². The summed E-state index contributed by atoms with van der Waals surface area (Å²) >= 11 is 0. The highest BCUT2D eigenvalue weighted by molar-refractivity contribution is 5.79. The lowest BCUT2D eigenvalue weighted by Crippen LogP contribution is -2.11. The first-order chi connectivity index (χ1) is 7.81. The van der Waals surface area contributed by atoms with Gasteiger partial charge < -0.3 is 14.2 Å². The van der Waals surface area contributed by atoms with E-state index in [4.69, 9.17) is 14.2 Å². The zero-order valence-electron chi connectivity index (χ0n) is 10.5. The van der Waals surface area contributed by atoms with Gasteiger partial charge >= 0.3 is 0 Å². The van der Waals surface area contributed by atoms with E-state index >= 15 is 0 Å². The first-order valence-corrected chi connectivity index (χ1v) is 6.06. The van der Waals surface area contributed by atoms with Crippen molar-refractivity contribution in [2.24, 2.45) is 0 Å². The predicted octanol–water partition coefficient (Wildman–Crippen LogP) is 1.82. The minimum absolute atomic E-state index is 0.154. The Hall–Kier alpha value is -0.450. The topological polar surface area (TPSA) is 44.8 Å². The molecule has 0 aromatic heterocycles. The van der Waals surface area contributed by atoms with Gasteiger partial charge in [0.05, 0.1) is 13.2 Å². The summed E-state index contributed by atoms with van der Waals surface area (Å²) in [5.41, 5.74) is 0. The molecule has 0 rings (SSSR count). The number of rotatable bonds is 12. The summed E-state index contributed by atoms with van der Waals surface area (Å²) in [6.45, 7) is 7.46. The standard InChI is InChI=1S/C12H24O4/c1-3-7-16-11-12(13)6-5-8-15-10-9-14-4-2/h3-11H2,1-2H3. The predicted molar refractivity (Wildman–Crippen MR) is 62.7 cm³/mol. The molecule has 0 spiro atoms. The average molecular weight is 232 g/mol. The number of hydrogen-bond acceptors (Lipinski definition) is 4. The van der Waals surface area contributed by atoms with E-state index < -0.39 is 0 Å². The van der Waals surface area contributed by atoms with Crippen molar-refractivity contribution in [2.45, 2.75) is 33.1 Å². The van der Waals surface area contributed by atoms with Crippen molar-refractivity contribution in [3.8, 4) is 0 Å². The van der Waals surface area contributed by atoms with E-state index in [2.05, 4.69) is 0 Å². The summed E-state index contributed by atoms with van der Waals surface area (Å²) in [5.74, 6) is 0.154. The molecule has 0 heterocycles. The fourth-order valence-electron chi connectivity index (χ4n) is 1.14. The molecule has 0 bridgehead atoms. The second-order valence-corrected chi connectivity index (χ2v) is 3.50. The Morgan fingerprint density at radius 2 is 1.69 bits per heavy atom. The molecule has 4 heteroatoms. The first kappa shape index (κ1) is 15.6. The highest BCUT2D eigenvalue weighted by Gasteiger charge is 2.01. The molecule has 0 aliphatic carbocycles. The Bertz CT molecular complexity index is 159. The molecule has 0 aliphatic heterocycles. The van der Waals surface area contributed by atoms with Crippen LogP contribution in [0.2, 0.25) is 0 Å². The monoisotopic (exact) mass is 232 g/mol. The molecule has 0 radical (unpaired) electrons. The molecule has 4 nitrogen and oxygen atoms in total. The van der Waals surface area contributed by atoms with Gasteiger partial charge in [-0.15, -0.1) is 0 Å². The third-order valence-corrected chi connectivity index (χ3v) is 1.93. The fourth-order valence-corrected chi connectivity index (χ4v) is 1.14. The summed E-state index contributed by atoms with van der Waals surface area (Å²) in [6, 6.07) is 0. The lowest BCUT2D eigenvalue weighted by atomic mass is 10.2. The maximum absolute atomic E-state index is 11.2. The van der Waals surface area contributed by atoms with Crippen molar-refractivity contribution in [1.82, 2.24) is 0 Å². The highest BCUT2D eigenvalue weighted by Crippen LogP contribution is 1.94. The number of Topliss-reactive ketones (excluding diaryl/α,β-unsaturated/α-hetero) is 1. The van der Waals surface area contributed by atoms with Gasteiger partial charge in [0.2, 0.25) is 0 Å². The second-order valence-electron chi connectivity index (χ2n) is 3.50. The molecule has 96 valence electrons. The zero-order chi connectivity index (χ0) is 12.1. The summed E-state index contributed by atoms with van der Waals surface area (Å²) in [7, 11) is 0. The van der Waals surface area contributed by atoms with Crippen LogP contribution in [-0.2, 0) is 19.0 Å². The maximum Gasteiger partial charge on any atom is 0.158 e. The summed E-state index contributed by atoms with van der Waals surface area (Å²) in [6.07, 6.45) is 2.26. The van der Waals surface area contributed by atoms with Crippen molar-refractivity contribution >= 4 is 5.78 Å². The van der Waals surface area contributed by atoms with E-state index in [1.54, 1.807) is 0 Å². The minimum atomic E-state index is 0.154. The fraction of sp³-hybridized carbons (Fsp3) is 0.917. The molecule has 16 heavy (non-hydrogen) atoms. The van der Waals surface area contributed by atoms with Gasteiger partial charge in [-0.1, -0.05) is 6.92 Å². The Labute approximate surface area is 98.3 Å². The van der Waals surface area contributed by atoms with Gasteiger partial charge in [-0.2, -0.15) is 0 Å². The van der Waals surface area contributed by atoms with E-state index in [9.17, 15) is 4.79 Å². The van der Waals surface area contributed by atoms with Gasteiger partial charge in [-0.25, -0.2) is 0 Å².